The van der Waals surface area contributed by atoms with Crippen LogP contribution in [0, 0.1) is 0 Å². The molecule has 0 spiro atoms. The van der Waals surface area contributed by atoms with Crippen molar-refractivity contribution in [1.29, 1.82) is 0 Å². The van der Waals surface area contributed by atoms with E-state index in [-0.39, 0.29) is 0 Å². The summed E-state index contributed by atoms with van der Waals surface area (Å²) in [6.07, 6.45) is 3.08. The third-order valence-electron chi connectivity index (χ3n) is 4.25. The monoisotopic (exact) mass is 277 g/mol. The molecule has 0 radical (unpaired) electrons. The van der Waals surface area contributed by atoms with Crippen molar-refractivity contribution >= 4 is 16.6 Å². The van der Waals surface area contributed by atoms with Gasteiger partial charge in [0.1, 0.15) is 0 Å². The summed E-state index contributed by atoms with van der Waals surface area (Å²) < 4.78 is 0. The molecule has 0 saturated heterocycles. The Kier molecular flexibility index (Phi) is 3.13. The lowest BCUT2D eigenvalue weighted by atomic mass is 9.99. The van der Waals surface area contributed by atoms with Crippen LogP contribution in [0.2, 0.25) is 0 Å². The maximum absolute atomic E-state index is 3.71. The van der Waals surface area contributed by atoms with E-state index in [1.54, 1.807) is 0 Å². The molecule has 1 atom stereocenters. The van der Waals surface area contributed by atoms with Crippen molar-refractivity contribution in [3.63, 3.8) is 0 Å². The summed E-state index contributed by atoms with van der Waals surface area (Å²) in [5.74, 6) is 0. The van der Waals surface area contributed by atoms with Gasteiger partial charge in [-0.1, -0.05) is 24.3 Å². The van der Waals surface area contributed by atoms with E-state index in [1.807, 2.05) is 6.20 Å². The van der Waals surface area contributed by atoms with Crippen molar-refractivity contribution in [3.05, 3.63) is 65.9 Å². The minimum Gasteiger partial charge on any atom is -0.378 e. The van der Waals surface area contributed by atoms with E-state index >= 15 is 0 Å². The lowest BCUT2D eigenvalue weighted by Gasteiger charge is -2.20. The molecule has 1 aliphatic heterocycles. The normalized spacial score (nSPS) is 18.2. The van der Waals surface area contributed by atoms with E-state index in [0.29, 0.717) is 6.04 Å². The average molecular weight is 277 g/mol. The molecule has 4 rings (SSSR count). The van der Waals surface area contributed by atoms with Crippen LogP contribution in [0.15, 0.2) is 54.7 Å². The molecule has 0 saturated carbocycles. The largest absolute Gasteiger partial charge is 0.378 e. The highest BCUT2D eigenvalue weighted by atomic mass is 14.9. The number of hydrogen-bond acceptors (Lipinski definition) is 2. The van der Waals surface area contributed by atoms with Gasteiger partial charge in [0, 0.05) is 29.3 Å². The fourth-order valence-corrected chi connectivity index (χ4v) is 3.15. The molecular formula is C18H19N3. The topological polar surface area (TPSA) is 39.8 Å². The number of benzene rings is 2. The zero-order chi connectivity index (χ0) is 14.1. The minimum atomic E-state index is 0.368. The van der Waals surface area contributed by atoms with E-state index in [4.69, 9.17) is 0 Å². The lowest BCUT2D eigenvalue weighted by Crippen LogP contribution is -2.15. The number of aromatic nitrogens is 1. The zero-order valence-corrected chi connectivity index (χ0v) is 11.9. The molecule has 0 aliphatic carbocycles. The maximum atomic E-state index is 3.71. The SMILES string of the molecule is c1ccc2c(c1)CNCCC2Nc1ccc2[nH]ccc2c1. The number of H-pyrrole nitrogens is 1. The van der Waals surface area contributed by atoms with Gasteiger partial charge < -0.3 is 15.6 Å². The van der Waals surface area contributed by atoms with Gasteiger partial charge in [0.05, 0.1) is 6.04 Å². The van der Waals surface area contributed by atoms with Crippen molar-refractivity contribution < 1.29 is 0 Å². The first-order valence-electron chi connectivity index (χ1n) is 7.52. The molecule has 1 aliphatic rings. The number of fused-ring (bicyclic) bond motifs is 2. The fraction of sp³-hybridized carbons (Fsp3) is 0.222. The third kappa shape index (κ3) is 2.41. The first-order valence-corrected chi connectivity index (χ1v) is 7.52. The molecule has 0 amide bonds. The van der Waals surface area contributed by atoms with Crippen molar-refractivity contribution in [1.82, 2.24) is 10.3 Å². The number of rotatable bonds is 2. The van der Waals surface area contributed by atoms with Crippen molar-refractivity contribution in [2.45, 2.75) is 19.0 Å². The van der Waals surface area contributed by atoms with Crippen LogP contribution in [0.5, 0.6) is 0 Å². The van der Waals surface area contributed by atoms with Gasteiger partial charge in [0.25, 0.3) is 0 Å². The Morgan fingerprint density at radius 3 is 3.00 bits per heavy atom. The molecule has 0 fully saturated rings. The van der Waals surface area contributed by atoms with Crippen LogP contribution in [0.3, 0.4) is 0 Å². The Bertz CT molecular complexity index is 760. The van der Waals surface area contributed by atoms with Gasteiger partial charge in [-0.15, -0.1) is 0 Å². The maximum Gasteiger partial charge on any atom is 0.0529 e. The summed E-state index contributed by atoms with van der Waals surface area (Å²) in [6, 6.07) is 17.7. The van der Waals surface area contributed by atoms with Crippen LogP contribution in [0.4, 0.5) is 5.69 Å². The second-order valence-corrected chi connectivity index (χ2v) is 5.64. The van der Waals surface area contributed by atoms with Gasteiger partial charge in [-0.2, -0.15) is 0 Å². The Morgan fingerprint density at radius 2 is 2.00 bits per heavy atom. The van der Waals surface area contributed by atoms with Crippen LogP contribution in [0.1, 0.15) is 23.6 Å². The number of anilines is 1. The van der Waals surface area contributed by atoms with Gasteiger partial charge in [-0.05, 0) is 48.4 Å². The first kappa shape index (κ1) is 12.5. The first-order chi connectivity index (χ1) is 10.4. The smallest absolute Gasteiger partial charge is 0.0529 e. The van der Waals surface area contributed by atoms with Gasteiger partial charge in [0.2, 0.25) is 0 Å². The zero-order valence-electron chi connectivity index (χ0n) is 11.9. The number of nitrogens with one attached hydrogen (secondary N) is 3. The quantitative estimate of drug-likeness (QED) is 0.666. The molecule has 0 bridgehead atoms. The van der Waals surface area contributed by atoms with E-state index in [9.17, 15) is 0 Å². The van der Waals surface area contributed by atoms with Crippen molar-refractivity contribution in [3.8, 4) is 0 Å². The molecule has 2 heterocycles. The van der Waals surface area contributed by atoms with Gasteiger partial charge in [-0.25, -0.2) is 0 Å². The third-order valence-corrected chi connectivity index (χ3v) is 4.25. The minimum absolute atomic E-state index is 0.368. The lowest BCUT2D eigenvalue weighted by molar-refractivity contribution is 0.637. The highest BCUT2D eigenvalue weighted by Crippen LogP contribution is 2.28. The van der Waals surface area contributed by atoms with Crippen LogP contribution >= 0.6 is 0 Å². The highest BCUT2D eigenvalue weighted by Gasteiger charge is 2.17. The van der Waals surface area contributed by atoms with E-state index in [0.717, 1.165) is 19.5 Å². The summed E-state index contributed by atoms with van der Waals surface area (Å²) in [6.45, 7) is 2.00. The molecule has 3 nitrogen and oxygen atoms in total. The predicted molar refractivity (Wildman–Crippen MR) is 87.4 cm³/mol. The molecule has 3 aromatic rings. The molecule has 1 unspecified atom stereocenters. The van der Waals surface area contributed by atoms with Crippen LogP contribution < -0.4 is 10.6 Å². The second kappa shape index (κ2) is 5.26. The summed E-state index contributed by atoms with van der Waals surface area (Å²) in [5, 5.41) is 8.45. The van der Waals surface area contributed by atoms with Crippen molar-refractivity contribution in [2.24, 2.45) is 0 Å². The molecule has 3 heteroatoms. The van der Waals surface area contributed by atoms with E-state index < -0.39 is 0 Å². The molecule has 1 aromatic heterocycles. The predicted octanol–water partition coefficient (Wildman–Crippen LogP) is 3.81. The summed E-state index contributed by atoms with van der Waals surface area (Å²) in [7, 11) is 0. The molecule has 2 aromatic carbocycles. The molecule has 21 heavy (non-hydrogen) atoms. The van der Waals surface area contributed by atoms with Crippen LogP contribution in [0.25, 0.3) is 10.9 Å². The van der Waals surface area contributed by atoms with Crippen molar-refractivity contribution in [2.75, 3.05) is 11.9 Å². The van der Waals surface area contributed by atoms with Gasteiger partial charge in [0.15, 0.2) is 0 Å². The number of hydrogen-bond donors (Lipinski definition) is 3. The molecule has 106 valence electrons. The van der Waals surface area contributed by atoms with Crippen LogP contribution in [-0.2, 0) is 6.54 Å². The Labute approximate surface area is 124 Å². The molecular weight excluding hydrogens is 258 g/mol. The summed E-state index contributed by atoms with van der Waals surface area (Å²) >= 11 is 0. The second-order valence-electron chi connectivity index (χ2n) is 5.64. The molecule has 3 N–H and O–H groups in total. The number of aromatic amines is 1. The fourth-order valence-electron chi connectivity index (χ4n) is 3.15. The summed E-state index contributed by atoms with van der Waals surface area (Å²) in [5.41, 5.74) is 5.18. The highest BCUT2D eigenvalue weighted by molar-refractivity contribution is 5.83. The summed E-state index contributed by atoms with van der Waals surface area (Å²) in [4.78, 5) is 3.24. The van der Waals surface area contributed by atoms with E-state index in [2.05, 4.69) is 64.1 Å². The average Bonchev–Trinajstić information content (AvgIpc) is 2.89. The van der Waals surface area contributed by atoms with Gasteiger partial charge >= 0.3 is 0 Å². The van der Waals surface area contributed by atoms with Gasteiger partial charge in [-0.3, -0.25) is 0 Å². The standard InChI is InChI=1S/C18H19N3/c1-2-4-16-14(3-1)12-19-9-8-18(16)21-15-5-6-17-13(11-15)7-10-20-17/h1-7,10-11,18-21H,8-9,12H2. The Hall–Kier alpha value is -2.26. The van der Waals surface area contributed by atoms with E-state index in [1.165, 1.54) is 27.7 Å². The Balaban J connectivity index is 1.66. The Morgan fingerprint density at radius 1 is 1.05 bits per heavy atom. The van der Waals surface area contributed by atoms with Crippen LogP contribution in [-0.4, -0.2) is 11.5 Å².